The van der Waals surface area contributed by atoms with Gasteiger partial charge in [0.2, 0.25) is 5.91 Å². The maximum Gasteiger partial charge on any atom is 0.237 e. The number of rotatable bonds is 8. The normalized spacial score (nSPS) is 13.0. The second-order valence-electron chi connectivity index (χ2n) is 5.74. The summed E-state index contributed by atoms with van der Waals surface area (Å²) in [5, 5.41) is 3.92. The minimum Gasteiger partial charge on any atom is -0.491 e. The van der Waals surface area contributed by atoms with Crippen LogP contribution in [0.5, 0.6) is 5.75 Å². The van der Waals surface area contributed by atoms with E-state index in [-0.39, 0.29) is 24.2 Å². The van der Waals surface area contributed by atoms with E-state index in [2.05, 4.69) is 10.3 Å². The highest BCUT2D eigenvalue weighted by molar-refractivity contribution is 5.85. The number of aromatic nitrogens is 1. The first kappa shape index (κ1) is 20.2. The molecule has 1 amide bonds. The zero-order valence-corrected chi connectivity index (χ0v) is 15.0. The molecule has 1 heterocycles. The van der Waals surface area contributed by atoms with Crippen molar-refractivity contribution in [2.45, 2.75) is 32.7 Å². The van der Waals surface area contributed by atoms with Crippen LogP contribution in [0.4, 0.5) is 0 Å². The number of hydrogen-bond donors (Lipinski definition) is 2. The summed E-state index contributed by atoms with van der Waals surface area (Å²) in [6, 6.07) is 9.33. The van der Waals surface area contributed by atoms with Crippen LogP contribution in [-0.2, 0) is 4.79 Å². The van der Waals surface area contributed by atoms with Crippen LogP contribution in [0.25, 0.3) is 10.9 Å². The summed E-state index contributed by atoms with van der Waals surface area (Å²) in [7, 11) is 0. The zero-order valence-electron chi connectivity index (χ0n) is 14.2. The number of ether oxygens (including phenoxy) is 1. The molecule has 0 aliphatic heterocycles. The van der Waals surface area contributed by atoms with Crippen LogP contribution < -0.4 is 15.8 Å². The van der Waals surface area contributed by atoms with Gasteiger partial charge in [-0.2, -0.15) is 0 Å². The van der Waals surface area contributed by atoms with E-state index in [1.165, 1.54) is 0 Å². The first-order chi connectivity index (χ1) is 11.1. The number of fused-ring (bicyclic) bond motifs is 1. The molecule has 0 aliphatic rings. The number of nitrogens with two attached hydrogens (primary N) is 1. The molecule has 0 spiro atoms. The Morgan fingerprint density at radius 3 is 2.83 bits per heavy atom. The van der Waals surface area contributed by atoms with Gasteiger partial charge in [0.05, 0.1) is 12.6 Å². The van der Waals surface area contributed by atoms with E-state index in [4.69, 9.17) is 10.5 Å². The number of pyridine rings is 1. The van der Waals surface area contributed by atoms with Gasteiger partial charge in [-0.3, -0.25) is 9.78 Å². The van der Waals surface area contributed by atoms with Crippen molar-refractivity contribution in [3.63, 3.8) is 0 Å². The molecule has 3 N–H and O–H groups in total. The van der Waals surface area contributed by atoms with Gasteiger partial charge in [-0.15, -0.1) is 12.4 Å². The average molecular weight is 352 g/mol. The van der Waals surface area contributed by atoms with Crippen LogP contribution in [0, 0.1) is 5.92 Å². The van der Waals surface area contributed by atoms with E-state index in [1.807, 2.05) is 44.2 Å². The molecule has 0 aliphatic carbocycles. The number of para-hydroxylation sites is 1. The number of carbonyl (C=O) groups is 1. The van der Waals surface area contributed by atoms with E-state index in [0.717, 1.165) is 29.5 Å². The molecule has 1 aromatic heterocycles. The van der Waals surface area contributed by atoms with Gasteiger partial charge in [-0.25, -0.2) is 0 Å². The van der Waals surface area contributed by atoms with Crippen molar-refractivity contribution in [1.29, 1.82) is 0 Å². The number of amides is 1. The lowest BCUT2D eigenvalue weighted by atomic mass is 9.99. The third kappa shape index (κ3) is 5.35. The van der Waals surface area contributed by atoms with Crippen molar-refractivity contribution in [2.75, 3.05) is 13.2 Å². The molecule has 0 saturated carbocycles. The molecular formula is C18H26ClN3O2. The summed E-state index contributed by atoms with van der Waals surface area (Å²) in [6.45, 7) is 5.10. The molecule has 24 heavy (non-hydrogen) atoms. The van der Waals surface area contributed by atoms with Gasteiger partial charge in [-0.05, 0) is 24.5 Å². The van der Waals surface area contributed by atoms with Gasteiger partial charge in [0.1, 0.15) is 11.3 Å². The van der Waals surface area contributed by atoms with Crippen LogP contribution in [0.2, 0.25) is 0 Å². The van der Waals surface area contributed by atoms with Crippen LogP contribution in [0.1, 0.15) is 26.7 Å². The summed E-state index contributed by atoms with van der Waals surface area (Å²) < 4.78 is 5.79. The van der Waals surface area contributed by atoms with Gasteiger partial charge in [0, 0.05) is 18.1 Å². The summed E-state index contributed by atoms with van der Waals surface area (Å²) in [5.41, 5.74) is 6.75. The predicted octanol–water partition coefficient (Wildman–Crippen LogP) is 2.92. The Morgan fingerprint density at radius 1 is 1.33 bits per heavy atom. The lowest BCUT2D eigenvalue weighted by Crippen LogP contribution is -2.45. The van der Waals surface area contributed by atoms with Crippen molar-refractivity contribution < 1.29 is 9.53 Å². The van der Waals surface area contributed by atoms with Crippen molar-refractivity contribution in [2.24, 2.45) is 11.7 Å². The van der Waals surface area contributed by atoms with Gasteiger partial charge >= 0.3 is 0 Å². The number of nitrogens with zero attached hydrogens (tertiary/aromatic N) is 1. The fourth-order valence-corrected chi connectivity index (χ4v) is 2.29. The first-order valence-electron chi connectivity index (χ1n) is 8.13. The minimum atomic E-state index is -0.441. The van der Waals surface area contributed by atoms with Gasteiger partial charge in [0.25, 0.3) is 0 Å². The highest BCUT2D eigenvalue weighted by Crippen LogP contribution is 2.22. The Balaban J connectivity index is 0.00000288. The molecule has 6 heteroatoms. The van der Waals surface area contributed by atoms with E-state index >= 15 is 0 Å². The Labute approximate surface area is 149 Å². The Morgan fingerprint density at radius 2 is 2.08 bits per heavy atom. The Kier molecular flexibility index (Phi) is 8.50. The number of benzene rings is 1. The minimum absolute atomic E-state index is 0. The third-order valence-electron chi connectivity index (χ3n) is 4.03. The molecule has 2 unspecified atom stereocenters. The standard InChI is InChI=1S/C18H25N3O2.ClH/c1-3-13(2)16(19)18(22)21-11-6-12-23-15-9-4-7-14-8-5-10-20-17(14)15;/h4-5,7-10,13,16H,3,6,11-12,19H2,1-2H3,(H,21,22);1H. The molecule has 5 nitrogen and oxygen atoms in total. The number of halogens is 1. The average Bonchev–Trinajstić information content (AvgIpc) is 2.60. The molecule has 2 atom stereocenters. The van der Waals surface area contributed by atoms with Crippen LogP contribution in [-0.4, -0.2) is 30.1 Å². The topological polar surface area (TPSA) is 77.2 Å². The summed E-state index contributed by atoms with van der Waals surface area (Å²) >= 11 is 0. The molecular weight excluding hydrogens is 326 g/mol. The zero-order chi connectivity index (χ0) is 16.7. The van der Waals surface area contributed by atoms with E-state index in [0.29, 0.717) is 13.2 Å². The van der Waals surface area contributed by atoms with Crippen molar-refractivity contribution in [1.82, 2.24) is 10.3 Å². The fourth-order valence-electron chi connectivity index (χ4n) is 2.29. The van der Waals surface area contributed by atoms with Gasteiger partial charge < -0.3 is 15.8 Å². The lowest BCUT2D eigenvalue weighted by molar-refractivity contribution is -0.123. The van der Waals surface area contributed by atoms with E-state index in [9.17, 15) is 4.79 Å². The highest BCUT2D eigenvalue weighted by atomic mass is 35.5. The van der Waals surface area contributed by atoms with E-state index in [1.54, 1.807) is 6.20 Å². The maximum atomic E-state index is 11.9. The SMILES string of the molecule is CCC(C)C(N)C(=O)NCCCOc1cccc2cccnc12.Cl. The van der Waals surface area contributed by atoms with Crippen molar-refractivity contribution >= 4 is 29.2 Å². The largest absolute Gasteiger partial charge is 0.491 e. The summed E-state index contributed by atoms with van der Waals surface area (Å²) in [6.07, 6.45) is 3.37. The quantitative estimate of drug-likeness (QED) is 0.717. The van der Waals surface area contributed by atoms with Gasteiger partial charge in [-0.1, -0.05) is 38.5 Å². The lowest BCUT2D eigenvalue weighted by Gasteiger charge is -2.17. The Bertz CT molecular complexity index is 646. The molecule has 0 fully saturated rings. The summed E-state index contributed by atoms with van der Waals surface area (Å²) in [4.78, 5) is 16.2. The van der Waals surface area contributed by atoms with Gasteiger partial charge in [0.15, 0.2) is 0 Å². The Hall–Kier alpha value is -1.85. The molecule has 1 aromatic carbocycles. The molecule has 0 radical (unpaired) electrons. The first-order valence-corrected chi connectivity index (χ1v) is 8.13. The fraction of sp³-hybridized carbons (Fsp3) is 0.444. The second kappa shape index (κ2) is 10.1. The summed E-state index contributed by atoms with van der Waals surface area (Å²) in [5.74, 6) is 0.866. The van der Waals surface area contributed by atoms with E-state index < -0.39 is 6.04 Å². The van der Waals surface area contributed by atoms with Crippen molar-refractivity contribution in [3.05, 3.63) is 36.5 Å². The molecule has 0 bridgehead atoms. The number of nitrogens with one attached hydrogen (secondary N) is 1. The van der Waals surface area contributed by atoms with Crippen LogP contribution in [0.15, 0.2) is 36.5 Å². The molecule has 2 rings (SSSR count). The van der Waals surface area contributed by atoms with Crippen LogP contribution >= 0.6 is 12.4 Å². The molecule has 132 valence electrons. The predicted molar refractivity (Wildman–Crippen MR) is 99.5 cm³/mol. The van der Waals surface area contributed by atoms with Crippen LogP contribution in [0.3, 0.4) is 0 Å². The third-order valence-corrected chi connectivity index (χ3v) is 4.03. The maximum absolute atomic E-state index is 11.9. The molecule has 2 aromatic rings. The highest BCUT2D eigenvalue weighted by Gasteiger charge is 2.18. The number of hydrogen-bond acceptors (Lipinski definition) is 4. The monoisotopic (exact) mass is 351 g/mol. The van der Waals surface area contributed by atoms with Crippen molar-refractivity contribution in [3.8, 4) is 5.75 Å². The number of carbonyl (C=O) groups excluding carboxylic acids is 1. The second-order valence-corrected chi connectivity index (χ2v) is 5.74. The molecule has 0 saturated heterocycles. The smallest absolute Gasteiger partial charge is 0.237 e.